The molecule has 2 aromatic carbocycles. The molecule has 1 nitrogen and oxygen atoms in total. The van der Waals surface area contributed by atoms with Gasteiger partial charge in [-0.1, -0.05) is 49.9 Å². The van der Waals surface area contributed by atoms with Gasteiger partial charge in [-0.15, -0.1) is 0 Å². The first-order valence-corrected chi connectivity index (χ1v) is 5.07. The maximum atomic E-state index is 3.23. The van der Waals surface area contributed by atoms with Crippen LogP contribution in [0.3, 0.4) is 0 Å². The van der Waals surface area contributed by atoms with Crippen LogP contribution in [-0.4, -0.2) is 4.98 Å². The molecule has 3 aromatic rings. The van der Waals surface area contributed by atoms with Crippen LogP contribution in [0.2, 0.25) is 0 Å². The molecule has 1 N–H and O–H groups in total. The standard InChI is InChI=1S/C14H11N.CH4/c1-2-5-11(6-3-1)12-7-4-8-14-13(12)9-10-15-14;/h1-10,15H;1H4. The molecule has 0 radical (unpaired) electrons. The van der Waals surface area contributed by atoms with Crippen molar-refractivity contribution < 1.29 is 0 Å². The minimum Gasteiger partial charge on any atom is -0.361 e. The number of aromatic nitrogens is 1. The first-order chi connectivity index (χ1) is 7.45. The van der Waals surface area contributed by atoms with Crippen LogP contribution in [0, 0.1) is 0 Å². The summed E-state index contributed by atoms with van der Waals surface area (Å²) < 4.78 is 0. The molecule has 0 spiro atoms. The average molecular weight is 209 g/mol. The van der Waals surface area contributed by atoms with E-state index in [2.05, 4.69) is 53.5 Å². The summed E-state index contributed by atoms with van der Waals surface area (Å²) in [6.45, 7) is 0. The molecule has 0 atom stereocenters. The lowest BCUT2D eigenvalue weighted by atomic mass is 10.0. The lowest BCUT2D eigenvalue weighted by molar-refractivity contribution is 1.48. The smallest absolute Gasteiger partial charge is 0.0460 e. The van der Waals surface area contributed by atoms with Gasteiger partial charge in [0, 0.05) is 17.1 Å². The normalized spacial score (nSPS) is 10.0. The van der Waals surface area contributed by atoms with E-state index in [1.165, 1.54) is 22.0 Å². The minimum absolute atomic E-state index is 0. The van der Waals surface area contributed by atoms with Crippen molar-refractivity contribution >= 4 is 10.9 Å². The number of benzene rings is 2. The van der Waals surface area contributed by atoms with Crippen molar-refractivity contribution in [1.82, 2.24) is 4.98 Å². The summed E-state index contributed by atoms with van der Waals surface area (Å²) in [5, 5.41) is 1.28. The van der Waals surface area contributed by atoms with Crippen molar-refractivity contribution in [3.8, 4) is 11.1 Å². The third-order valence-electron chi connectivity index (χ3n) is 2.68. The van der Waals surface area contributed by atoms with Crippen LogP contribution in [0.5, 0.6) is 0 Å². The Balaban J connectivity index is 0.000000963. The number of rotatable bonds is 1. The van der Waals surface area contributed by atoms with Gasteiger partial charge in [-0.2, -0.15) is 0 Å². The molecule has 0 saturated heterocycles. The summed E-state index contributed by atoms with van der Waals surface area (Å²) >= 11 is 0. The maximum Gasteiger partial charge on any atom is 0.0460 e. The number of hydrogen-bond donors (Lipinski definition) is 1. The maximum absolute atomic E-state index is 3.23. The molecule has 0 unspecified atom stereocenters. The Bertz CT molecular complexity index is 578. The molecule has 0 amide bonds. The Hall–Kier alpha value is -2.02. The van der Waals surface area contributed by atoms with E-state index < -0.39 is 0 Å². The van der Waals surface area contributed by atoms with Gasteiger partial charge in [-0.3, -0.25) is 0 Å². The Kier molecular flexibility index (Phi) is 2.78. The summed E-state index contributed by atoms with van der Waals surface area (Å²) in [5.41, 5.74) is 3.74. The van der Waals surface area contributed by atoms with E-state index in [9.17, 15) is 0 Å². The van der Waals surface area contributed by atoms with Crippen LogP contribution in [0.25, 0.3) is 22.0 Å². The fourth-order valence-electron chi connectivity index (χ4n) is 1.95. The van der Waals surface area contributed by atoms with E-state index in [0.29, 0.717) is 0 Å². The average Bonchev–Trinajstić information content (AvgIpc) is 2.78. The van der Waals surface area contributed by atoms with E-state index >= 15 is 0 Å². The summed E-state index contributed by atoms with van der Waals surface area (Å²) in [5.74, 6) is 0. The molecule has 0 saturated carbocycles. The van der Waals surface area contributed by atoms with Crippen molar-refractivity contribution in [3.05, 3.63) is 60.8 Å². The zero-order valence-corrected chi connectivity index (χ0v) is 8.27. The van der Waals surface area contributed by atoms with Crippen LogP contribution in [-0.2, 0) is 0 Å². The third-order valence-corrected chi connectivity index (χ3v) is 2.68. The van der Waals surface area contributed by atoms with Crippen molar-refractivity contribution in [3.63, 3.8) is 0 Å². The second-order valence-corrected chi connectivity index (χ2v) is 3.61. The van der Waals surface area contributed by atoms with Crippen LogP contribution in [0.4, 0.5) is 0 Å². The zero-order valence-electron chi connectivity index (χ0n) is 8.27. The first-order valence-electron chi connectivity index (χ1n) is 5.07. The van der Waals surface area contributed by atoms with Crippen molar-refractivity contribution in [2.75, 3.05) is 0 Å². The van der Waals surface area contributed by atoms with Gasteiger partial charge in [-0.05, 0) is 23.3 Å². The van der Waals surface area contributed by atoms with Crippen molar-refractivity contribution in [1.29, 1.82) is 0 Å². The fraction of sp³-hybridized carbons (Fsp3) is 0.0667. The first kappa shape index (κ1) is 10.5. The Morgan fingerprint density at radius 3 is 2.38 bits per heavy atom. The molecular formula is C15H15N. The monoisotopic (exact) mass is 209 g/mol. The number of nitrogens with one attached hydrogen (secondary N) is 1. The van der Waals surface area contributed by atoms with E-state index in [4.69, 9.17) is 0 Å². The number of H-pyrrole nitrogens is 1. The molecule has 3 rings (SSSR count). The summed E-state index contributed by atoms with van der Waals surface area (Å²) in [6.07, 6.45) is 1.98. The van der Waals surface area contributed by atoms with Gasteiger partial charge in [0.1, 0.15) is 0 Å². The topological polar surface area (TPSA) is 15.8 Å². The predicted octanol–water partition coefficient (Wildman–Crippen LogP) is 4.47. The van der Waals surface area contributed by atoms with Gasteiger partial charge >= 0.3 is 0 Å². The highest BCUT2D eigenvalue weighted by Gasteiger charge is 2.02. The quantitative estimate of drug-likeness (QED) is 0.608. The minimum atomic E-state index is 0. The van der Waals surface area contributed by atoms with Crippen LogP contribution < -0.4 is 0 Å². The molecule has 0 aliphatic heterocycles. The SMILES string of the molecule is C.c1ccc(-c2cccc3[nH]ccc23)cc1. The highest BCUT2D eigenvalue weighted by molar-refractivity contribution is 5.94. The summed E-state index contributed by atoms with van der Waals surface area (Å²) in [6, 6.07) is 18.9. The van der Waals surface area contributed by atoms with Crippen LogP contribution in [0.15, 0.2) is 60.8 Å². The third kappa shape index (κ3) is 1.61. The van der Waals surface area contributed by atoms with E-state index in [1.807, 2.05) is 12.3 Å². The van der Waals surface area contributed by atoms with E-state index in [0.717, 1.165) is 0 Å². The molecule has 80 valence electrons. The lowest BCUT2D eigenvalue weighted by Gasteiger charge is -2.02. The van der Waals surface area contributed by atoms with Gasteiger partial charge in [0.15, 0.2) is 0 Å². The second kappa shape index (κ2) is 4.23. The van der Waals surface area contributed by atoms with Gasteiger partial charge in [0.25, 0.3) is 0 Å². The largest absolute Gasteiger partial charge is 0.361 e. The van der Waals surface area contributed by atoms with Gasteiger partial charge in [0.2, 0.25) is 0 Å². The molecule has 0 aliphatic rings. The number of hydrogen-bond acceptors (Lipinski definition) is 0. The van der Waals surface area contributed by atoms with E-state index in [-0.39, 0.29) is 7.43 Å². The molecule has 0 fully saturated rings. The van der Waals surface area contributed by atoms with Crippen molar-refractivity contribution in [2.24, 2.45) is 0 Å². The predicted molar refractivity (Wildman–Crippen MR) is 70.5 cm³/mol. The Morgan fingerprint density at radius 1 is 0.750 bits per heavy atom. The highest BCUT2D eigenvalue weighted by Crippen LogP contribution is 2.27. The number of fused-ring (bicyclic) bond motifs is 1. The summed E-state index contributed by atoms with van der Waals surface area (Å²) in [4.78, 5) is 3.23. The van der Waals surface area contributed by atoms with Gasteiger partial charge < -0.3 is 4.98 Å². The fourth-order valence-corrected chi connectivity index (χ4v) is 1.95. The molecule has 1 aromatic heterocycles. The molecule has 0 bridgehead atoms. The molecule has 1 heterocycles. The van der Waals surface area contributed by atoms with Crippen molar-refractivity contribution in [2.45, 2.75) is 7.43 Å². The lowest BCUT2D eigenvalue weighted by Crippen LogP contribution is -1.77. The molecule has 16 heavy (non-hydrogen) atoms. The van der Waals surface area contributed by atoms with Crippen LogP contribution >= 0.6 is 0 Å². The molecule has 1 heteroatoms. The molecular weight excluding hydrogens is 194 g/mol. The van der Waals surface area contributed by atoms with Gasteiger partial charge in [-0.25, -0.2) is 0 Å². The van der Waals surface area contributed by atoms with Gasteiger partial charge in [0.05, 0.1) is 0 Å². The van der Waals surface area contributed by atoms with E-state index in [1.54, 1.807) is 0 Å². The van der Waals surface area contributed by atoms with Crippen LogP contribution in [0.1, 0.15) is 7.43 Å². The number of aromatic amines is 1. The Labute approximate surface area is 95.8 Å². The molecule has 0 aliphatic carbocycles. The second-order valence-electron chi connectivity index (χ2n) is 3.61. The zero-order chi connectivity index (χ0) is 10.1. The summed E-state index contributed by atoms with van der Waals surface area (Å²) in [7, 11) is 0. The Morgan fingerprint density at radius 2 is 1.56 bits per heavy atom. The highest BCUT2D eigenvalue weighted by atomic mass is 14.7.